The average molecular weight is 286 g/mol. The van der Waals surface area contributed by atoms with Gasteiger partial charge in [0.25, 0.3) is 0 Å². The topological polar surface area (TPSA) is 73.8 Å². The van der Waals surface area contributed by atoms with E-state index >= 15 is 0 Å². The van der Waals surface area contributed by atoms with E-state index < -0.39 is 0 Å². The number of carbonyl (C=O) groups excluding carboxylic acids is 1. The number of Topliss-reactive ketones (excluding diaryl/α,β-unsaturated/α-hetero) is 1. The zero-order valence-corrected chi connectivity index (χ0v) is 12.8. The SMILES string of the molecule is CC(CC(=O)Cc1ncnn1C(C)C)c1ccc(N)cc1. The third-order valence-corrected chi connectivity index (χ3v) is 3.53. The molecule has 0 spiro atoms. The lowest BCUT2D eigenvalue weighted by Crippen LogP contribution is -2.14. The van der Waals surface area contributed by atoms with Crippen molar-refractivity contribution in [1.82, 2.24) is 14.8 Å². The van der Waals surface area contributed by atoms with E-state index in [1.807, 2.05) is 38.1 Å². The predicted molar refractivity (Wildman–Crippen MR) is 83.0 cm³/mol. The molecule has 0 aliphatic rings. The van der Waals surface area contributed by atoms with Gasteiger partial charge in [-0.15, -0.1) is 0 Å². The second kappa shape index (κ2) is 6.52. The van der Waals surface area contributed by atoms with Crippen molar-refractivity contribution in [2.24, 2.45) is 0 Å². The molecule has 0 amide bonds. The molecule has 0 saturated carbocycles. The van der Waals surface area contributed by atoms with E-state index in [4.69, 9.17) is 5.73 Å². The first-order valence-corrected chi connectivity index (χ1v) is 7.23. The highest BCUT2D eigenvalue weighted by molar-refractivity contribution is 5.81. The number of aromatic nitrogens is 3. The first kappa shape index (κ1) is 15.2. The van der Waals surface area contributed by atoms with Gasteiger partial charge in [-0.05, 0) is 37.5 Å². The van der Waals surface area contributed by atoms with E-state index in [1.165, 1.54) is 6.33 Å². The number of hydrogen-bond donors (Lipinski definition) is 1. The van der Waals surface area contributed by atoms with E-state index in [-0.39, 0.29) is 17.7 Å². The Hall–Kier alpha value is -2.17. The molecule has 0 saturated heterocycles. The lowest BCUT2D eigenvalue weighted by atomic mass is 9.94. The lowest BCUT2D eigenvalue weighted by molar-refractivity contribution is -0.118. The number of anilines is 1. The van der Waals surface area contributed by atoms with Crippen molar-refractivity contribution in [2.75, 3.05) is 5.73 Å². The van der Waals surface area contributed by atoms with Crippen LogP contribution in [0.1, 0.15) is 50.5 Å². The number of nitrogens with two attached hydrogens (primary N) is 1. The molecule has 112 valence electrons. The summed E-state index contributed by atoms with van der Waals surface area (Å²) in [4.78, 5) is 16.4. The minimum absolute atomic E-state index is 0.175. The highest BCUT2D eigenvalue weighted by Crippen LogP contribution is 2.21. The summed E-state index contributed by atoms with van der Waals surface area (Å²) < 4.78 is 1.80. The van der Waals surface area contributed by atoms with E-state index in [9.17, 15) is 4.79 Å². The highest BCUT2D eigenvalue weighted by Gasteiger charge is 2.15. The molecule has 1 aromatic carbocycles. The fourth-order valence-corrected chi connectivity index (χ4v) is 2.36. The van der Waals surface area contributed by atoms with Gasteiger partial charge in [-0.1, -0.05) is 19.1 Å². The third-order valence-electron chi connectivity index (χ3n) is 3.53. The Morgan fingerprint density at radius 2 is 1.90 bits per heavy atom. The van der Waals surface area contributed by atoms with Gasteiger partial charge in [-0.25, -0.2) is 9.67 Å². The molecular formula is C16H22N4O. The van der Waals surface area contributed by atoms with E-state index in [0.717, 1.165) is 17.1 Å². The molecule has 1 aromatic heterocycles. The van der Waals surface area contributed by atoms with Gasteiger partial charge < -0.3 is 5.73 Å². The van der Waals surface area contributed by atoms with Crippen molar-refractivity contribution >= 4 is 11.5 Å². The average Bonchev–Trinajstić information content (AvgIpc) is 2.87. The Bertz CT molecular complexity index is 601. The van der Waals surface area contributed by atoms with Gasteiger partial charge in [0.1, 0.15) is 17.9 Å². The zero-order valence-electron chi connectivity index (χ0n) is 12.8. The molecule has 0 fully saturated rings. The van der Waals surface area contributed by atoms with Crippen LogP contribution < -0.4 is 5.73 Å². The molecule has 2 aromatic rings. The standard InChI is InChI=1S/C16H22N4O/c1-11(2)20-16(18-10-19-20)9-15(21)8-12(3)13-4-6-14(17)7-5-13/h4-7,10-12H,8-9,17H2,1-3H3. The number of carbonyl (C=O) groups is 1. The number of hydrogen-bond acceptors (Lipinski definition) is 4. The normalized spacial score (nSPS) is 12.6. The molecule has 2 N–H and O–H groups in total. The monoisotopic (exact) mass is 286 g/mol. The summed E-state index contributed by atoms with van der Waals surface area (Å²) in [7, 11) is 0. The summed E-state index contributed by atoms with van der Waals surface area (Å²) in [5.74, 6) is 1.09. The molecule has 0 aliphatic heterocycles. The van der Waals surface area contributed by atoms with Gasteiger partial charge >= 0.3 is 0 Å². The van der Waals surface area contributed by atoms with Crippen molar-refractivity contribution in [2.45, 2.75) is 45.6 Å². The fourth-order valence-electron chi connectivity index (χ4n) is 2.36. The van der Waals surface area contributed by atoms with Gasteiger partial charge in [0.15, 0.2) is 0 Å². The van der Waals surface area contributed by atoms with Crippen LogP contribution in [0.3, 0.4) is 0 Å². The fraction of sp³-hybridized carbons (Fsp3) is 0.438. The van der Waals surface area contributed by atoms with E-state index in [1.54, 1.807) is 4.68 Å². The molecule has 5 heteroatoms. The Balaban J connectivity index is 1.98. The Kier molecular flexibility index (Phi) is 4.73. The highest BCUT2D eigenvalue weighted by atomic mass is 16.1. The molecule has 1 atom stereocenters. The molecule has 0 bridgehead atoms. The summed E-state index contributed by atoms with van der Waals surface area (Å²) in [6, 6.07) is 7.90. The summed E-state index contributed by atoms with van der Waals surface area (Å²) in [6.45, 7) is 6.11. The maximum atomic E-state index is 12.2. The quantitative estimate of drug-likeness (QED) is 0.829. The first-order chi connectivity index (χ1) is 9.97. The molecule has 0 radical (unpaired) electrons. The summed E-state index contributed by atoms with van der Waals surface area (Å²) in [6.07, 6.45) is 2.33. The Labute approximate surface area is 125 Å². The number of benzene rings is 1. The predicted octanol–water partition coefficient (Wildman–Crippen LogP) is 2.75. The number of ketones is 1. The molecule has 1 heterocycles. The van der Waals surface area contributed by atoms with E-state index in [0.29, 0.717) is 12.8 Å². The van der Waals surface area contributed by atoms with Gasteiger partial charge in [-0.2, -0.15) is 5.10 Å². The van der Waals surface area contributed by atoms with Crippen LogP contribution in [0.15, 0.2) is 30.6 Å². The van der Waals surface area contributed by atoms with Crippen LogP contribution in [0.25, 0.3) is 0 Å². The van der Waals surface area contributed by atoms with Crippen LogP contribution in [0.5, 0.6) is 0 Å². The van der Waals surface area contributed by atoms with Gasteiger partial charge in [0.2, 0.25) is 0 Å². The lowest BCUT2D eigenvalue weighted by Gasteiger charge is -2.12. The summed E-state index contributed by atoms with van der Waals surface area (Å²) >= 11 is 0. The van der Waals surface area contributed by atoms with Crippen molar-refractivity contribution in [1.29, 1.82) is 0 Å². The third kappa shape index (κ3) is 3.90. The molecule has 1 unspecified atom stereocenters. The first-order valence-electron chi connectivity index (χ1n) is 7.23. The zero-order chi connectivity index (χ0) is 15.4. The second-order valence-electron chi connectivity index (χ2n) is 5.70. The van der Waals surface area contributed by atoms with Crippen molar-refractivity contribution in [3.05, 3.63) is 42.0 Å². The number of nitrogens with zero attached hydrogens (tertiary/aromatic N) is 3. The van der Waals surface area contributed by atoms with Crippen LogP contribution in [0.2, 0.25) is 0 Å². The maximum Gasteiger partial charge on any atom is 0.141 e. The molecule has 2 rings (SSSR count). The van der Waals surface area contributed by atoms with Crippen LogP contribution in [-0.2, 0) is 11.2 Å². The number of rotatable bonds is 6. The molecular weight excluding hydrogens is 264 g/mol. The van der Waals surface area contributed by atoms with Gasteiger partial charge in [0.05, 0.1) is 6.42 Å². The smallest absolute Gasteiger partial charge is 0.141 e. The summed E-state index contributed by atoms with van der Waals surface area (Å²) in [5, 5.41) is 4.16. The minimum Gasteiger partial charge on any atom is -0.399 e. The summed E-state index contributed by atoms with van der Waals surface area (Å²) in [5.41, 5.74) is 7.54. The van der Waals surface area contributed by atoms with Crippen LogP contribution in [0, 0.1) is 0 Å². The van der Waals surface area contributed by atoms with Crippen LogP contribution in [-0.4, -0.2) is 20.5 Å². The van der Waals surface area contributed by atoms with Crippen molar-refractivity contribution in [3.63, 3.8) is 0 Å². The Morgan fingerprint density at radius 3 is 2.52 bits per heavy atom. The number of nitrogen functional groups attached to an aromatic ring is 1. The van der Waals surface area contributed by atoms with Crippen molar-refractivity contribution in [3.8, 4) is 0 Å². The largest absolute Gasteiger partial charge is 0.399 e. The Morgan fingerprint density at radius 1 is 1.24 bits per heavy atom. The van der Waals surface area contributed by atoms with Gasteiger partial charge in [0, 0.05) is 18.2 Å². The van der Waals surface area contributed by atoms with Crippen LogP contribution in [0.4, 0.5) is 5.69 Å². The van der Waals surface area contributed by atoms with Gasteiger partial charge in [-0.3, -0.25) is 4.79 Å². The van der Waals surface area contributed by atoms with Crippen molar-refractivity contribution < 1.29 is 4.79 Å². The van der Waals surface area contributed by atoms with Crippen LogP contribution >= 0.6 is 0 Å². The molecule has 21 heavy (non-hydrogen) atoms. The second-order valence-corrected chi connectivity index (χ2v) is 5.70. The molecule has 5 nitrogen and oxygen atoms in total. The van der Waals surface area contributed by atoms with E-state index in [2.05, 4.69) is 17.0 Å². The maximum absolute atomic E-state index is 12.2. The minimum atomic E-state index is 0.175. The molecule has 0 aliphatic carbocycles.